The summed E-state index contributed by atoms with van der Waals surface area (Å²) in [4.78, 5) is 0. The van der Waals surface area contributed by atoms with E-state index < -0.39 is 8.32 Å². The van der Waals surface area contributed by atoms with Crippen molar-refractivity contribution in [2.75, 3.05) is 19.8 Å². The van der Waals surface area contributed by atoms with E-state index in [0.29, 0.717) is 17.2 Å². The molecule has 1 fully saturated rings. The summed E-state index contributed by atoms with van der Waals surface area (Å²) in [6.07, 6.45) is 1.54. The summed E-state index contributed by atoms with van der Waals surface area (Å²) in [7, 11) is -1.57. The molecular formula is C13H29NO2Si. The predicted molar refractivity (Wildman–Crippen MR) is 75.0 cm³/mol. The molecule has 1 heterocycles. The molecule has 0 radical (unpaired) electrons. The number of ether oxygens (including phenoxy) is 1. The highest BCUT2D eigenvalue weighted by Crippen LogP contribution is 2.36. The molecule has 17 heavy (non-hydrogen) atoms. The summed E-state index contributed by atoms with van der Waals surface area (Å²) in [5.41, 5.74) is 0. The van der Waals surface area contributed by atoms with E-state index in [9.17, 15) is 0 Å². The molecule has 0 aromatic heterocycles. The van der Waals surface area contributed by atoms with Crippen LogP contribution >= 0.6 is 0 Å². The van der Waals surface area contributed by atoms with Gasteiger partial charge in [0.05, 0.1) is 12.7 Å². The summed E-state index contributed by atoms with van der Waals surface area (Å²) in [6, 6.07) is 0.521. The first-order valence-corrected chi connectivity index (χ1v) is 9.62. The molecule has 0 aliphatic carbocycles. The molecule has 0 bridgehead atoms. The molecule has 2 atom stereocenters. The van der Waals surface area contributed by atoms with E-state index in [1.807, 2.05) is 0 Å². The lowest BCUT2D eigenvalue weighted by Crippen LogP contribution is -2.43. The quantitative estimate of drug-likeness (QED) is 0.608. The predicted octanol–water partition coefficient (Wildman–Crippen LogP) is 2.78. The Morgan fingerprint density at radius 1 is 1.35 bits per heavy atom. The average molecular weight is 259 g/mol. The van der Waals surface area contributed by atoms with Crippen molar-refractivity contribution >= 4 is 8.32 Å². The number of nitrogens with one attached hydrogen (secondary N) is 1. The van der Waals surface area contributed by atoms with E-state index in [1.165, 1.54) is 0 Å². The number of hydrogen-bond donors (Lipinski definition) is 1. The standard InChI is InChI=1S/C13H29NO2Si/c1-11-9-12(10-15-11)14-7-8-16-17(5,6)13(2,3)4/h11-12,14H,7-10H2,1-6H3. The molecule has 2 unspecified atom stereocenters. The molecule has 1 aliphatic heterocycles. The molecule has 0 aromatic rings. The van der Waals surface area contributed by atoms with Gasteiger partial charge in [-0.25, -0.2) is 0 Å². The Hall–Kier alpha value is 0.0969. The smallest absolute Gasteiger partial charge is 0.192 e. The maximum atomic E-state index is 6.12. The normalized spacial score (nSPS) is 26.5. The fourth-order valence-electron chi connectivity index (χ4n) is 1.75. The van der Waals surface area contributed by atoms with Crippen molar-refractivity contribution in [2.24, 2.45) is 0 Å². The van der Waals surface area contributed by atoms with Crippen molar-refractivity contribution in [3.05, 3.63) is 0 Å². The van der Waals surface area contributed by atoms with Crippen LogP contribution in [0, 0.1) is 0 Å². The van der Waals surface area contributed by atoms with Crippen molar-refractivity contribution < 1.29 is 9.16 Å². The Morgan fingerprint density at radius 3 is 2.47 bits per heavy atom. The van der Waals surface area contributed by atoms with Crippen molar-refractivity contribution in [2.45, 2.75) is 64.4 Å². The van der Waals surface area contributed by atoms with Crippen LogP contribution in [0.3, 0.4) is 0 Å². The fourth-order valence-corrected chi connectivity index (χ4v) is 2.79. The van der Waals surface area contributed by atoms with E-state index in [4.69, 9.17) is 9.16 Å². The van der Waals surface area contributed by atoms with Crippen molar-refractivity contribution in [1.29, 1.82) is 0 Å². The SMILES string of the molecule is CC1CC(NCCO[Si](C)(C)C(C)(C)C)CO1. The maximum Gasteiger partial charge on any atom is 0.192 e. The molecule has 1 rings (SSSR count). The summed E-state index contributed by atoms with van der Waals surface area (Å²) in [5, 5.41) is 3.81. The molecule has 1 aliphatic rings. The van der Waals surface area contributed by atoms with Crippen LogP contribution in [0.2, 0.25) is 18.1 Å². The highest BCUT2D eigenvalue weighted by atomic mass is 28.4. The van der Waals surface area contributed by atoms with Gasteiger partial charge in [0.2, 0.25) is 0 Å². The third kappa shape index (κ3) is 4.70. The first-order chi connectivity index (χ1) is 7.72. The lowest BCUT2D eigenvalue weighted by Gasteiger charge is -2.36. The van der Waals surface area contributed by atoms with Crippen LogP contribution in [0.1, 0.15) is 34.1 Å². The minimum Gasteiger partial charge on any atom is -0.416 e. The molecule has 1 N–H and O–H groups in total. The molecule has 102 valence electrons. The summed E-state index contributed by atoms with van der Waals surface area (Å²) >= 11 is 0. The van der Waals surface area contributed by atoms with Gasteiger partial charge in [-0.05, 0) is 31.5 Å². The Morgan fingerprint density at radius 2 is 2.00 bits per heavy atom. The second-order valence-corrected chi connectivity index (χ2v) is 11.4. The largest absolute Gasteiger partial charge is 0.416 e. The van der Waals surface area contributed by atoms with Crippen molar-refractivity contribution in [3.63, 3.8) is 0 Å². The topological polar surface area (TPSA) is 30.5 Å². The first kappa shape index (κ1) is 15.2. The minimum absolute atomic E-state index is 0.304. The van der Waals surface area contributed by atoms with Crippen LogP contribution in [0.25, 0.3) is 0 Å². The van der Waals surface area contributed by atoms with Crippen LogP contribution < -0.4 is 5.32 Å². The van der Waals surface area contributed by atoms with Gasteiger partial charge >= 0.3 is 0 Å². The third-order valence-electron chi connectivity index (χ3n) is 4.00. The molecule has 3 nitrogen and oxygen atoms in total. The van der Waals surface area contributed by atoms with E-state index in [2.05, 4.69) is 46.1 Å². The second-order valence-electron chi connectivity index (χ2n) is 6.64. The Labute approximate surface area is 107 Å². The third-order valence-corrected chi connectivity index (χ3v) is 8.54. The molecule has 0 aromatic carbocycles. The summed E-state index contributed by atoms with van der Waals surface area (Å²) in [5.74, 6) is 0. The summed E-state index contributed by atoms with van der Waals surface area (Å²) in [6.45, 7) is 16.2. The number of rotatable bonds is 5. The lowest BCUT2D eigenvalue weighted by atomic mass is 10.2. The van der Waals surface area contributed by atoms with Crippen molar-refractivity contribution in [1.82, 2.24) is 5.32 Å². The molecular weight excluding hydrogens is 230 g/mol. The fraction of sp³-hybridized carbons (Fsp3) is 1.00. The van der Waals surface area contributed by atoms with E-state index >= 15 is 0 Å². The van der Waals surface area contributed by atoms with Gasteiger partial charge in [-0.1, -0.05) is 20.8 Å². The van der Waals surface area contributed by atoms with Gasteiger partial charge in [0, 0.05) is 19.2 Å². The van der Waals surface area contributed by atoms with E-state index in [0.717, 1.165) is 26.2 Å². The van der Waals surface area contributed by atoms with Crippen LogP contribution in [-0.2, 0) is 9.16 Å². The average Bonchev–Trinajstić information content (AvgIpc) is 2.57. The van der Waals surface area contributed by atoms with Gasteiger partial charge in [-0.2, -0.15) is 0 Å². The Kier molecular flexibility index (Phi) is 5.19. The highest BCUT2D eigenvalue weighted by molar-refractivity contribution is 6.74. The molecule has 4 heteroatoms. The Balaban J connectivity index is 2.16. The first-order valence-electron chi connectivity index (χ1n) is 6.71. The van der Waals surface area contributed by atoms with Crippen LogP contribution in [0.15, 0.2) is 0 Å². The number of hydrogen-bond acceptors (Lipinski definition) is 3. The van der Waals surface area contributed by atoms with Gasteiger partial charge < -0.3 is 14.5 Å². The van der Waals surface area contributed by atoms with Crippen LogP contribution in [-0.4, -0.2) is 40.2 Å². The maximum absolute atomic E-state index is 6.12. The van der Waals surface area contributed by atoms with E-state index in [1.54, 1.807) is 0 Å². The molecule has 0 spiro atoms. The zero-order chi connectivity index (χ0) is 13.1. The van der Waals surface area contributed by atoms with Gasteiger partial charge in [0.1, 0.15) is 0 Å². The second kappa shape index (κ2) is 5.82. The lowest BCUT2D eigenvalue weighted by molar-refractivity contribution is 0.122. The van der Waals surface area contributed by atoms with Gasteiger partial charge in [0.25, 0.3) is 0 Å². The van der Waals surface area contributed by atoms with Crippen molar-refractivity contribution in [3.8, 4) is 0 Å². The zero-order valence-corrected chi connectivity index (χ0v) is 13.3. The minimum atomic E-state index is -1.57. The van der Waals surface area contributed by atoms with Gasteiger partial charge in [-0.3, -0.25) is 0 Å². The van der Waals surface area contributed by atoms with E-state index in [-0.39, 0.29) is 0 Å². The Bertz CT molecular complexity index is 238. The highest BCUT2D eigenvalue weighted by Gasteiger charge is 2.36. The van der Waals surface area contributed by atoms with Gasteiger partial charge in [-0.15, -0.1) is 0 Å². The molecule has 0 saturated carbocycles. The van der Waals surface area contributed by atoms with Crippen LogP contribution in [0.4, 0.5) is 0 Å². The molecule has 0 amide bonds. The zero-order valence-electron chi connectivity index (χ0n) is 12.3. The monoisotopic (exact) mass is 259 g/mol. The van der Waals surface area contributed by atoms with Crippen LogP contribution in [0.5, 0.6) is 0 Å². The molecule has 1 saturated heterocycles. The van der Waals surface area contributed by atoms with Gasteiger partial charge in [0.15, 0.2) is 8.32 Å². The summed E-state index contributed by atoms with van der Waals surface area (Å²) < 4.78 is 11.6.